The Labute approximate surface area is 410 Å². The first-order valence-electron chi connectivity index (χ1n) is 23.2. The summed E-state index contributed by atoms with van der Waals surface area (Å²) in [5.41, 5.74) is 18.8. The van der Waals surface area contributed by atoms with Gasteiger partial charge in [0.1, 0.15) is 0 Å². The summed E-state index contributed by atoms with van der Waals surface area (Å²) in [6, 6.07) is 43.2. The van der Waals surface area contributed by atoms with E-state index in [1.54, 1.807) is 0 Å². The molecule has 7 heteroatoms. The second-order valence-electron chi connectivity index (χ2n) is 21.9. The summed E-state index contributed by atoms with van der Waals surface area (Å²) in [5, 5.41) is 7.79. The van der Waals surface area contributed by atoms with Gasteiger partial charge in [-0.2, -0.15) is 0 Å². The quantitative estimate of drug-likeness (QED) is 0.162. The van der Waals surface area contributed by atoms with Crippen LogP contribution < -0.4 is 20.6 Å². The second-order valence-corrected chi connectivity index (χ2v) is 21.9. The van der Waals surface area contributed by atoms with Crippen molar-refractivity contribution in [2.24, 2.45) is 0 Å². The van der Waals surface area contributed by atoms with Crippen LogP contribution in [0.25, 0.3) is 68.6 Å². The number of fused-ring (bicyclic) bond motifs is 8. The number of aromatic nitrogens is 4. The van der Waals surface area contributed by atoms with E-state index in [0.29, 0.717) is 0 Å². The van der Waals surface area contributed by atoms with E-state index in [9.17, 15) is 0 Å². The smallest absolute Gasteiger partial charge is 0.656 e. The molecule has 2 aliphatic heterocycles. The van der Waals surface area contributed by atoms with E-state index in [1.165, 1.54) is 22.3 Å². The molecule has 0 radical (unpaired) electrons. The summed E-state index contributed by atoms with van der Waals surface area (Å²) >= 11 is 0. The van der Waals surface area contributed by atoms with E-state index in [1.807, 2.05) is 12.1 Å². The topological polar surface area (TPSA) is 78.0 Å². The van der Waals surface area contributed by atoms with Crippen LogP contribution in [0, 0.1) is 0 Å². The monoisotopic (exact) mass is 930 g/mol. The minimum Gasteiger partial charge on any atom is -0.656 e. The minimum atomic E-state index is -0.0607. The SMILES string of the molecule is CC(C)(C)c1cc(Nc2c3nc(c(-c4ccccc4)c4ccc([n-]4)c(Nc4cc(C(C)(C)C)cc(C(C)(C)C)c4)c4nc(c(-c5ccccc5)c5ccc2[n-]5)C=C4)C=C3)cc(C(C)(C)C)c1.[Zn+2]. The maximum absolute atomic E-state index is 5.47. The van der Waals surface area contributed by atoms with E-state index in [0.717, 1.165) is 89.8 Å². The zero-order valence-electron chi connectivity index (χ0n) is 41.4. The van der Waals surface area contributed by atoms with Crippen LogP contribution in [0.4, 0.5) is 22.7 Å². The molecule has 2 N–H and O–H groups in total. The first-order valence-corrected chi connectivity index (χ1v) is 23.2. The van der Waals surface area contributed by atoms with Crippen molar-refractivity contribution < 1.29 is 19.5 Å². The number of hydrogen-bond acceptors (Lipinski definition) is 4. The van der Waals surface area contributed by atoms with E-state index >= 15 is 0 Å². The number of rotatable bonds is 6. The second kappa shape index (κ2) is 17.7. The summed E-state index contributed by atoms with van der Waals surface area (Å²) in [4.78, 5) is 21.9. The van der Waals surface area contributed by atoms with Crippen molar-refractivity contribution in [1.29, 1.82) is 0 Å². The molecule has 0 saturated carbocycles. The van der Waals surface area contributed by atoms with Crippen LogP contribution in [0.3, 0.4) is 0 Å². The van der Waals surface area contributed by atoms with Crippen molar-refractivity contribution in [3.8, 4) is 22.3 Å². The maximum atomic E-state index is 5.47. The Morgan fingerprint density at radius 2 is 0.657 bits per heavy atom. The third-order valence-electron chi connectivity index (χ3n) is 12.6. The van der Waals surface area contributed by atoms with E-state index < -0.39 is 0 Å². The van der Waals surface area contributed by atoms with Gasteiger partial charge in [0.05, 0.1) is 22.8 Å². The van der Waals surface area contributed by atoms with Crippen LogP contribution in [-0.2, 0) is 41.1 Å². The van der Waals surface area contributed by atoms with Crippen LogP contribution in [0.2, 0.25) is 0 Å². The van der Waals surface area contributed by atoms with Gasteiger partial charge >= 0.3 is 19.5 Å². The number of nitrogens with one attached hydrogen (secondary N) is 2. The Hall–Kier alpha value is -6.30. The molecule has 8 bridgehead atoms. The molecule has 0 fully saturated rings. The summed E-state index contributed by atoms with van der Waals surface area (Å²) < 4.78 is 0. The average Bonchev–Trinajstić information content (AvgIpc) is 4.11. The Morgan fingerprint density at radius 3 is 0.970 bits per heavy atom. The third-order valence-corrected chi connectivity index (χ3v) is 12.6. The average molecular weight is 933 g/mol. The largest absolute Gasteiger partial charge is 2.00 e. The molecule has 334 valence electrons. The molecule has 7 aromatic rings. The Kier molecular flexibility index (Phi) is 12.5. The van der Waals surface area contributed by atoms with Crippen LogP contribution in [0.15, 0.2) is 121 Å². The van der Waals surface area contributed by atoms with Crippen LogP contribution in [-0.4, -0.2) is 9.97 Å². The van der Waals surface area contributed by atoms with Crippen LogP contribution >= 0.6 is 0 Å². The van der Waals surface area contributed by atoms with Gasteiger partial charge < -0.3 is 20.6 Å². The fourth-order valence-corrected chi connectivity index (χ4v) is 8.56. The van der Waals surface area contributed by atoms with Crippen molar-refractivity contribution in [3.63, 3.8) is 0 Å². The molecule has 6 nitrogen and oxygen atoms in total. The van der Waals surface area contributed by atoms with Crippen molar-refractivity contribution in [2.45, 2.75) is 105 Å². The standard InChI is InChI=1S/C60H62N6.Zn/c1-57(2,3)39-31-40(58(4,5)6)34-43(33-39)61-55-49-27-23-45(63-49)53(37-19-15-13-16-20-37)47-25-29-51(65-47)56(62-44-35-41(59(7,8)9)32-42(36-44)60(10,11)12)52-30-26-48(66-52)54(38-21-17-14-18-22-38)46-24-28-50(55)64-46;/h13-36,61-62H,1-12H3;/q-2;+2. The van der Waals surface area contributed by atoms with E-state index in [2.05, 4.69) is 227 Å². The van der Waals surface area contributed by atoms with Gasteiger partial charge in [-0.3, -0.25) is 0 Å². The van der Waals surface area contributed by atoms with E-state index in [4.69, 9.17) is 19.9 Å². The van der Waals surface area contributed by atoms with Crippen LogP contribution in [0.5, 0.6) is 0 Å². The zero-order chi connectivity index (χ0) is 46.8. The van der Waals surface area contributed by atoms with Crippen molar-refractivity contribution in [1.82, 2.24) is 19.9 Å². The summed E-state index contributed by atoms with van der Waals surface area (Å²) in [6.07, 6.45) is 8.44. The predicted octanol–water partition coefficient (Wildman–Crippen LogP) is 15.9. The number of anilines is 4. The molecule has 0 aliphatic carbocycles. The van der Waals surface area contributed by atoms with Gasteiger partial charge in [0.2, 0.25) is 0 Å². The van der Waals surface area contributed by atoms with Crippen molar-refractivity contribution in [3.05, 3.63) is 166 Å². The van der Waals surface area contributed by atoms with Crippen molar-refractivity contribution >= 4 is 69.1 Å². The molecule has 9 rings (SSSR count). The summed E-state index contributed by atoms with van der Waals surface area (Å²) in [5.74, 6) is 0. The fraction of sp³-hybridized carbons (Fsp3) is 0.267. The van der Waals surface area contributed by atoms with Gasteiger partial charge in [-0.1, -0.05) is 180 Å². The minimum absolute atomic E-state index is 0. The third kappa shape index (κ3) is 9.90. The molecule has 5 heterocycles. The van der Waals surface area contributed by atoms with Gasteiger partial charge in [0.25, 0.3) is 0 Å². The zero-order valence-corrected chi connectivity index (χ0v) is 44.3. The van der Waals surface area contributed by atoms with Gasteiger partial charge in [0.15, 0.2) is 0 Å². The Balaban J connectivity index is 0.00000608. The summed E-state index contributed by atoms with van der Waals surface area (Å²) in [6.45, 7) is 27.2. The van der Waals surface area contributed by atoms with Gasteiger partial charge in [-0.25, -0.2) is 9.97 Å². The molecule has 0 amide bonds. The summed E-state index contributed by atoms with van der Waals surface area (Å²) in [7, 11) is 0. The Bertz CT molecular complexity index is 2930. The molecule has 0 unspecified atom stereocenters. The van der Waals surface area contributed by atoms with Gasteiger partial charge in [-0.15, -0.1) is 22.1 Å². The molecule has 0 atom stereocenters. The Morgan fingerprint density at radius 1 is 0.358 bits per heavy atom. The van der Waals surface area contributed by atoms with E-state index in [-0.39, 0.29) is 41.1 Å². The fourth-order valence-electron chi connectivity index (χ4n) is 8.56. The number of benzene rings is 4. The van der Waals surface area contributed by atoms with Crippen molar-refractivity contribution in [2.75, 3.05) is 10.6 Å². The molecular formula is C60H62N6Zn. The molecule has 0 spiro atoms. The van der Waals surface area contributed by atoms with Gasteiger partial charge in [0, 0.05) is 22.7 Å². The molecule has 2 aliphatic rings. The number of nitrogens with zero attached hydrogens (tertiary/aromatic N) is 4. The number of hydrogen-bond donors (Lipinski definition) is 2. The first kappa shape index (κ1) is 47.2. The molecule has 4 aromatic carbocycles. The molecule has 3 aromatic heterocycles. The molecule has 67 heavy (non-hydrogen) atoms. The molecular weight excluding hydrogens is 870 g/mol. The van der Waals surface area contributed by atoms with Gasteiger partial charge in [-0.05, 0) is 115 Å². The first-order chi connectivity index (χ1) is 31.2. The molecule has 0 saturated heterocycles. The maximum Gasteiger partial charge on any atom is 2.00 e. The normalized spacial score (nSPS) is 12.8. The van der Waals surface area contributed by atoms with Crippen LogP contribution in [0.1, 0.15) is 128 Å². The predicted molar refractivity (Wildman–Crippen MR) is 282 cm³/mol.